The van der Waals surface area contributed by atoms with Crippen molar-refractivity contribution >= 4 is 138 Å². The van der Waals surface area contributed by atoms with E-state index in [0.29, 0.717) is 83.1 Å². The number of anilines is 15. The molecule has 1 aliphatic heterocycles. The Morgan fingerprint density at radius 1 is 0.336 bits per heavy atom. The van der Waals surface area contributed by atoms with Crippen molar-refractivity contribution in [2.24, 2.45) is 0 Å². The van der Waals surface area contributed by atoms with Gasteiger partial charge in [0.05, 0.1) is 88.7 Å². The summed E-state index contributed by atoms with van der Waals surface area (Å²) >= 11 is 0. The summed E-state index contributed by atoms with van der Waals surface area (Å²) in [6.45, 7) is 17.4. The van der Waals surface area contributed by atoms with Gasteiger partial charge in [-0.2, -0.15) is 4.57 Å². The first-order chi connectivity index (χ1) is 55.2. The molecule has 7 aromatic rings. The van der Waals surface area contributed by atoms with Crippen LogP contribution in [0.2, 0.25) is 0 Å². The monoisotopic (exact) mass is 1650 g/mol. The number of nitrogens with two attached hydrogens (primary N) is 2. The minimum atomic E-state index is -8.55. The van der Waals surface area contributed by atoms with E-state index in [1.807, 2.05) is 24.3 Å². The number of fused-ring (bicyclic) bond motifs is 10. The van der Waals surface area contributed by atoms with E-state index in [4.69, 9.17) is 16.5 Å². The summed E-state index contributed by atoms with van der Waals surface area (Å²) in [5.74, 6) is 0. The molecule has 0 unspecified atom stereocenters. The van der Waals surface area contributed by atoms with Crippen LogP contribution in [0.5, 0.6) is 0 Å². The fraction of sp³-hybridized carbons (Fsp3) is 0.571. The minimum Gasteiger partial charge on any atom is -1.00 e. The Morgan fingerprint density at radius 3 is 0.897 bits per heavy atom. The maximum atomic E-state index is 12.9. The number of nitro benzene ring substituents is 4. The number of hydrogen-bond donors (Lipinski definition) is 11. The van der Waals surface area contributed by atoms with E-state index in [0.717, 1.165) is 213 Å². The third-order valence-electron chi connectivity index (χ3n) is 20.4. The molecule has 0 saturated heterocycles. The maximum absolute atomic E-state index is 12.9. The number of hydrogen-bond acceptors (Lipinski definition) is 20. The summed E-state index contributed by atoms with van der Waals surface area (Å²) in [4.78, 5) is 53.9. The predicted octanol–water partition coefficient (Wildman–Crippen LogP) is 24.6. The van der Waals surface area contributed by atoms with Crippen LogP contribution in [0.25, 0.3) is 22.1 Å². The van der Waals surface area contributed by atoms with E-state index in [-0.39, 0.29) is 27.5 Å². The molecule has 0 amide bonds. The van der Waals surface area contributed by atoms with Crippen molar-refractivity contribution < 1.29 is 49.9 Å². The van der Waals surface area contributed by atoms with Gasteiger partial charge in [-0.05, 0) is 93.1 Å². The Kier molecular flexibility index (Phi) is 43.0. The van der Waals surface area contributed by atoms with Crippen LogP contribution in [0.15, 0.2) is 78.9 Å². The van der Waals surface area contributed by atoms with Crippen molar-refractivity contribution in [3.8, 4) is 0 Å². The molecule has 0 atom stereocenters. The Bertz CT molecular complexity index is 3880. The molecule has 0 fully saturated rings. The van der Waals surface area contributed by atoms with E-state index in [1.165, 1.54) is 82.8 Å². The second-order valence-corrected chi connectivity index (χ2v) is 31.3. The Morgan fingerprint density at radius 2 is 0.595 bits per heavy atom. The van der Waals surface area contributed by atoms with Crippen molar-refractivity contribution in [1.29, 1.82) is 0 Å². The van der Waals surface area contributed by atoms with E-state index >= 15 is 0 Å². The van der Waals surface area contributed by atoms with Crippen molar-refractivity contribution in [2.75, 3.05) is 92.0 Å². The van der Waals surface area contributed by atoms with Crippen LogP contribution < -0.4 is 68.6 Å². The van der Waals surface area contributed by atoms with Crippen LogP contribution in [-0.2, 0) is 6.54 Å². The summed E-state index contributed by atoms with van der Waals surface area (Å²) in [5.41, 5.74) is 20.0. The fourth-order valence-electron chi connectivity index (χ4n) is 14.0. The Hall–Kier alpha value is -9.67. The number of nitro groups is 4. The first-order valence-electron chi connectivity index (χ1n) is 42.3. The molecule has 0 saturated carbocycles. The molecule has 8 rings (SSSR count). The topological polar surface area (TPSA) is 350 Å². The summed E-state index contributed by atoms with van der Waals surface area (Å²) < 4.78 is 51.6. The van der Waals surface area contributed by atoms with Gasteiger partial charge < -0.3 is 64.0 Å². The molecule has 116 heavy (non-hydrogen) atoms. The van der Waals surface area contributed by atoms with Crippen LogP contribution in [0, 0.1) is 40.5 Å². The molecule has 8 bridgehead atoms. The molecule has 644 valence electrons. The van der Waals surface area contributed by atoms with Gasteiger partial charge in [0.1, 0.15) is 40.3 Å². The zero-order valence-corrected chi connectivity index (χ0v) is 69.9. The van der Waals surface area contributed by atoms with Gasteiger partial charge in [-0.3, -0.25) is 40.5 Å². The summed E-state index contributed by atoms with van der Waals surface area (Å²) in [6.07, 6.45) is 40.7. The molecule has 0 spiro atoms. The third-order valence-corrected chi connectivity index (χ3v) is 20.4. The molecular formula is C84H128F6N17O8P. The number of aromatic nitrogens is 2. The average Bonchev–Trinajstić information content (AvgIpc) is 0.764. The number of aryl methyl sites for hydroxylation is 1. The smallest absolute Gasteiger partial charge is 1.00 e. The first kappa shape index (κ1) is 96.9. The molecular weight excluding hydrogens is 1520 g/mol. The van der Waals surface area contributed by atoms with Crippen LogP contribution in [-0.4, -0.2) is 57.4 Å². The number of unbranched alkanes of at least 4 members (excludes halogenated alkanes) is 30. The van der Waals surface area contributed by atoms with Crippen molar-refractivity contribution in [2.45, 2.75) is 279 Å². The first-order valence-corrected chi connectivity index (χ1v) is 44.0. The van der Waals surface area contributed by atoms with Crippen LogP contribution in [0.3, 0.4) is 0 Å². The van der Waals surface area contributed by atoms with Crippen LogP contribution in [0.1, 0.15) is 273 Å². The summed E-state index contributed by atoms with van der Waals surface area (Å²) in [6, 6.07) is 22.0. The second-order valence-electron chi connectivity index (χ2n) is 30.0. The standard InChI is InChI=1S/C56H84N12O8.C28H43N5.F5P.FH/c1-5-9-13-17-21-25-29-57-41-33-42(58-30-26-22-18-14-10-6-2)46-35-45(41)61-49-37-50(54(66(71)72)39-53(49)65(69)70)63-47-36-48(64-52-38-51(62-46)55(67(73)74)40-56(52)68(75)76)44(60-32-28-24-20-16-12-8-4)34-43(47)59-31-27-23-19-15-11-7-3;1-3-5-7-9-11-13-17-31-22-15-16-25-27(19-22)33(18-14-12-10-8-6-4-2)28-21-24(30)23(29)20-26(28)32-25;1-6(2,3,4)5;/h33-40,57-64H,5-32H2,1-4H3;15-16,19-21H,3-14,17-18H2,1-2H3,(H4,29,30,31,32);;1H. The quantitative estimate of drug-likeness (QED) is 0.00247. The second kappa shape index (κ2) is 51.4. The molecule has 1 aliphatic rings. The van der Waals surface area contributed by atoms with Gasteiger partial charge in [0.2, 0.25) is 11.0 Å². The van der Waals surface area contributed by atoms with E-state index in [1.54, 1.807) is 12.1 Å². The fourth-order valence-corrected chi connectivity index (χ4v) is 14.0. The molecule has 6 aromatic carbocycles. The van der Waals surface area contributed by atoms with Crippen LogP contribution in [0.4, 0.5) is 129 Å². The van der Waals surface area contributed by atoms with Crippen molar-refractivity contribution in [3.05, 3.63) is 119 Å². The number of nitrogens with one attached hydrogen (secondary N) is 9. The number of nitrogens with zero attached hydrogens (tertiary/aromatic N) is 6. The third kappa shape index (κ3) is 34.3. The zero-order valence-electron chi connectivity index (χ0n) is 69.0. The van der Waals surface area contributed by atoms with Gasteiger partial charge in [0, 0.05) is 57.0 Å². The molecule has 25 nitrogen and oxygen atoms in total. The predicted molar refractivity (Wildman–Crippen MR) is 469 cm³/mol. The Balaban J connectivity index is 0.000000493. The SMILES string of the molecule is CCCCCCCCNc1cc(NCCCCCCCC)c2cc1Nc1cc(c([N+](=O)[O-])cc1[N+](=O)[O-])Nc1cc(c(NCCCCCCCC)cc1NCCCCCCCC)Nc1cc(c([N+](=O)[O-])cc1[N+](=O)[O-])N2.CCCCCCCCNc1ccc2nc3cc(N)c(N)cc3[n+](CCCCCCCC)c2c1.FP(F)(F)(F)F.[F-]. The molecule has 2 heterocycles. The van der Waals surface area contributed by atoms with Crippen LogP contribution >= 0.6 is 8.16 Å². The number of rotatable bonds is 51. The zero-order chi connectivity index (χ0) is 83.6. The van der Waals surface area contributed by atoms with Crippen molar-refractivity contribution in [3.63, 3.8) is 0 Å². The normalized spacial score (nSPS) is 11.9. The number of benzene rings is 6. The molecule has 1 aromatic heterocycles. The molecule has 0 radical (unpaired) electrons. The van der Waals surface area contributed by atoms with Gasteiger partial charge in [-0.15, -0.1) is 0 Å². The van der Waals surface area contributed by atoms with Gasteiger partial charge in [-0.25, -0.2) is 4.98 Å². The Labute approximate surface area is 680 Å². The maximum Gasteiger partial charge on any atom is -1.00 e. The molecule has 32 heteroatoms. The van der Waals surface area contributed by atoms with Crippen molar-refractivity contribution in [1.82, 2.24) is 4.98 Å². The van der Waals surface area contributed by atoms with Gasteiger partial charge in [0.25, 0.3) is 22.7 Å². The van der Waals surface area contributed by atoms with Gasteiger partial charge in [-0.1, -0.05) is 228 Å². The largest absolute Gasteiger partial charge is 1.00 e. The number of halogens is 6. The van der Waals surface area contributed by atoms with E-state index in [9.17, 15) is 61.4 Å². The average molecular weight is 1650 g/mol. The minimum absolute atomic E-state index is 0. The van der Waals surface area contributed by atoms with Gasteiger partial charge >= 0.3 is 29.1 Å². The van der Waals surface area contributed by atoms with E-state index < -0.39 is 50.6 Å². The molecule has 13 N–H and O–H groups in total. The van der Waals surface area contributed by atoms with Gasteiger partial charge in [0.15, 0.2) is 0 Å². The summed E-state index contributed by atoms with van der Waals surface area (Å²) in [5, 5.41) is 82.4. The van der Waals surface area contributed by atoms with E-state index in [2.05, 4.69) is 112 Å². The molecule has 0 aliphatic carbocycles. The number of nitrogen functional groups attached to an aromatic ring is 2. The summed E-state index contributed by atoms with van der Waals surface area (Å²) in [7, 11) is -8.55.